The molecule has 0 bridgehead atoms. The molecule has 0 atom stereocenters. The molecule has 3 aromatic carbocycles. The zero-order chi connectivity index (χ0) is 24.5. The first kappa shape index (κ1) is 23.1. The van der Waals surface area contributed by atoms with Crippen LogP contribution in [0.3, 0.4) is 0 Å². The number of amides is 2. The summed E-state index contributed by atoms with van der Waals surface area (Å²) in [4.78, 5) is 39.3. The van der Waals surface area contributed by atoms with E-state index in [2.05, 4.69) is 0 Å². The minimum absolute atomic E-state index is 0.201. The molecule has 0 unspecified atom stereocenters. The van der Waals surface area contributed by atoms with E-state index in [1.54, 1.807) is 54.7 Å². The number of carbonyl (C=O) groups is 3. The highest BCUT2D eigenvalue weighted by Crippen LogP contribution is 2.34. The number of halogens is 2. The number of aromatic nitrogens is 1. The third kappa shape index (κ3) is 4.52. The van der Waals surface area contributed by atoms with Gasteiger partial charge in [0, 0.05) is 38.8 Å². The number of fused-ring (bicyclic) bond motifs is 1. The third-order valence-electron chi connectivity index (χ3n) is 5.77. The number of imide groups is 1. The van der Waals surface area contributed by atoms with E-state index in [0.717, 1.165) is 27.6 Å². The molecule has 5 rings (SSSR count). The molecular formula is C27H18ClFN2O3S. The lowest BCUT2D eigenvalue weighted by atomic mass is 10.1. The smallest absolute Gasteiger partial charge is 0.293 e. The molecule has 0 saturated carbocycles. The maximum absolute atomic E-state index is 14.4. The van der Waals surface area contributed by atoms with Gasteiger partial charge in [-0.05, 0) is 36.0 Å². The van der Waals surface area contributed by atoms with Crippen LogP contribution in [0.2, 0.25) is 5.02 Å². The van der Waals surface area contributed by atoms with E-state index in [9.17, 15) is 18.8 Å². The Hall–Kier alpha value is -3.68. The number of ketones is 1. The summed E-state index contributed by atoms with van der Waals surface area (Å²) in [6.45, 7) is -0.119. The number of nitrogens with zero attached hydrogens (tertiary/aromatic N) is 2. The zero-order valence-corrected chi connectivity index (χ0v) is 19.9. The molecule has 1 aliphatic heterocycles. The Bertz CT molecular complexity index is 1490. The number of rotatable bonds is 6. The first-order valence-corrected chi connectivity index (χ1v) is 12.0. The molecule has 0 spiro atoms. The summed E-state index contributed by atoms with van der Waals surface area (Å²) in [6, 6.07) is 20.6. The van der Waals surface area contributed by atoms with Crippen LogP contribution in [0.25, 0.3) is 17.0 Å². The van der Waals surface area contributed by atoms with Crippen LogP contribution in [-0.2, 0) is 11.3 Å². The summed E-state index contributed by atoms with van der Waals surface area (Å²) in [5.41, 5.74) is 2.33. The van der Waals surface area contributed by atoms with Gasteiger partial charge in [0.05, 0.1) is 18.0 Å². The van der Waals surface area contributed by atoms with Crippen LogP contribution in [0.15, 0.2) is 83.9 Å². The second kappa shape index (κ2) is 9.52. The Labute approximate surface area is 209 Å². The van der Waals surface area contributed by atoms with Crippen molar-refractivity contribution in [1.82, 2.24) is 9.47 Å². The van der Waals surface area contributed by atoms with Gasteiger partial charge >= 0.3 is 0 Å². The van der Waals surface area contributed by atoms with E-state index in [0.29, 0.717) is 21.7 Å². The molecule has 1 fully saturated rings. The molecule has 0 aliphatic carbocycles. The van der Waals surface area contributed by atoms with E-state index in [1.165, 1.54) is 6.07 Å². The molecule has 0 radical (unpaired) electrons. The normalized spacial score (nSPS) is 14.9. The molecule has 4 aromatic rings. The van der Waals surface area contributed by atoms with Crippen molar-refractivity contribution in [2.75, 3.05) is 6.54 Å². The van der Waals surface area contributed by atoms with Crippen LogP contribution in [0, 0.1) is 5.82 Å². The predicted octanol–water partition coefficient (Wildman–Crippen LogP) is 6.40. The van der Waals surface area contributed by atoms with Crippen molar-refractivity contribution in [3.63, 3.8) is 0 Å². The Balaban J connectivity index is 1.46. The lowest BCUT2D eigenvalue weighted by Gasteiger charge is -2.11. The summed E-state index contributed by atoms with van der Waals surface area (Å²) in [5, 5.41) is 0.674. The number of benzene rings is 3. The summed E-state index contributed by atoms with van der Waals surface area (Å²) in [5.74, 6) is -1.23. The van der Waals surface area contributed by atoms with Crippen LogP contribution >= 0.6 is 23.4 Å². The van der Waals surface area contributed by atoms with E-state index in [4.69, 9.17) is 11.6 Å². The molecule has 5 nitrogen and oxygen atoms in total. The minimum Gasteiger partial charge on any atom is -0.342 e. The zero-order valence-electron chi connectivity index (χ0n) is 18.3. The van der Waals surface area contributed by atoms with Crippen molar-refractivity contribution >= 4 is 57.3 Å². The largest absolute Gasteiger partial charge is 0.342 e. The Morgan fingerprint density at radius 1 is 0.971 bits per heavy atom. The average Bonchev–Trinajstić information content (AvgIpc) is 3.34. The molecule has 2 heterocycles. The highest BCUT2D eigenvalue weighted by Gasteiger charge is 2.36. The quantitative estimate of drug-likeness (QED) is 0.225. The van der Waals surface area contributed by atoms with Gasteiger partial charge in [0.1, 0.15) is 5.82 Å². The predicted molar refractivity (Wildman–Crippen MR) is 136 cm³/mol. The molecule has 8 heteroatoms. The van der Waals surface area contributed by atoms with Gasteiger partial charge in [-0.1, -0.05) is 66.2 Å². The van der Waals surface area contributed by atoms with Crippen molar-refractivity contribution in [3.8, 4) is 0 Å². The van der Waals surface area contributed by atoms with Crippen molar-refractivity contribution in [1.29, 1.82) is 0 Å². The fraction of sp³-hybridized carbons (Fsp3) is 0.0741. The first-order chi connectivity index (χ1) is 16.9. The number of carbonyl (C=O) groups excluding carboxylic acids is 3. The fourth-order valence-electron chi connectivity index (χ4n) is 4.01. The minimum atomic E-state index is -0.515. The molecule has 1 aliphatic rings. The van der Waals surface area contributed by atoms with Gasteiger partial charge in [-0.25, -0.2) is 4.39 Å². The van der Waals surface area contributed by atoms with Crippen molar-refractivity contribution in [3.05, 3.63) is 111 Å². The summed E-state index contributed by atoms with van der Waals surface area (Å²) >= 11 is 7.02. The van der Waals surface area contributed by atoms with Gasteiger partial charge in [-0.3, -0.25) is 19.3 Å². The third-order valence-corrected chi connectivity index (χ3v) is 7.03. The van der Waals surface area contributed by atoms with Gasteiger partial charge in [-0.15, -0.1) is 0 Å². The SMILES string of the molecule is O=C(CN1C(=O)S/C(=C\c2cn(Cc3c(F)cccc3Cl)c3ccccc23)C1=O)c1ccccc1. The van der Waals surface area contributed by atoms with Gasteiger partial charge in [0.2, 0.25) is 0 Å². The molecule has 2 amide bonds. The lowest BCUT2D eigenvalue weighted by Crippen LogP contribution is -2.33. The molecular weight excluding hydrogens is 487 g/mol. The molecule has 1 saturated heterocycles. The number of hydrogen-bond donors (Lipinski definition) is 0. The van der Waals surface area contributed by atoms with Crippen LogP contribution in [0.4, 0.5) is 9.18 Å². The maximum atomic E-state index is 14.4. The monoisotopic (exact) mass is 504 g/mol. The lowest BCUT2D eigenvalue weighted by molar-refractivity contribution is -0.122. The van der Waals surface area contributed by atoms with E-state index in [-0.39, 0.29) is 23.8 Å². The number of para-hydroxylation sites is 1. The molecule has 35 heavy (non-hydrogen) atoms. The van der Waals surface area contributed by atoms with Gasteiger partial charge in [-0.2, -0.15) is 0 Å². The second-order valence-corrected chi connectivity index (χ2v) is 9.39. The summed E-state index contributed by atoms with van der Waals surface area (Å²) in [7, 11) is 0. The Morgan fingerprint density at radius 3 is 2.49 bits per heavy atom. The molecule has 1 aromatic heterocycles. The van der Waals surface area contributed by atoms with Gasteiger partial charge in [0.15, 0.2) is 5.78 Å². The molecule has 174 valence electrons. The Kier molecular flexibility index (Phi) is 6.28. The van der Waals surface area contributed by atoms with E-state index < -0.39 is 17.0 Å². The second-order valence-electron chi connectivity index (χ2n) is 7.99. The van der Waals surface area contributed by atoms with E-state index in [1.807, 2.05) is 28.8 Å². The van der Waals surface area contributed by atoms with Gasteiger partial charge < -0.3 is 4.57 Å². The Morgan fingerprint density at radius 2 is 1.71 bits per heavy atom. The molecule has 0 N–H and O–H groups in total. The fourth-order valence-corrected chi connectivity index (χ4v) is 5.06. The van der Waals surface area contributed by atoms with Crippen LogP contribution in [-0.4, -0.2) is 32.9 Å². The summed E-state index contributed by atoms with van der Waals surface area (Å²) in [6.07, 6.45) is 3.44. The van der Waals surface area contributed by atoms with Gasteiger partial charge in [0.25, 0.3) is 11.1 Å². The first-order valence-electron chi connectivity index (χ1n) is 10.8. The topological polar surface area (TPSA) is 59.4 Å². The maximum Gasteiger partial charge on any atom is 0.293 e. The van der Waals surface area contributed by atoms with Crippen molar-refractivity contribution in [2.24, 2.45) is 0 Å². The van der Waals surface area contributed by atoms with Crippen LogP contribution in [0.1, 0.15) is 21.5 Å². The highest BCUT2D eigenvalue weighted by molar-refractivity contribution is 8.18. The van der Waals surface area contributed by atoms with Crippen molar-refractivity contribution in [2.45, 2.75) is 6.54 Å². The van der Waals surface area contributed by atoms with Crippen LogP contribution < -0.4 is 0 Å². The number of hydrogen-bond acceptors (Lipinski definition) is 4. The average molecular weight is 505 g/mol. The number of thioether (sulfide) groups is 1. The standard InChI is InChI=1S/C27H18ClFN2O3S/c28-21-10-6-11-22(29)20(21)15-30-14-18(19-9-4-5-12-23(19)30)13-25-26(33)31(27(34)35-25)16-24(32)17-7-2-1-3-8-17/h1-14H,15-16H2/b25-13-. The highest BCUT2D eigenvalue weighted by atomic mass is 35.5. The van der Waals surface area contributed by atoms with Crippen LogP contribution in [0.5, 0.6) is 0 Å². The number of Topliss-reactive ketones (excluding diaryl/α,β-unsaturated/α-hetero) is 1. The van der Waals surface area contributed by atoms with E-state index >= 15 is 0 Å². The summed E-state index contributed by atoms with van der Waals surface area (Å²) < 4.78 is 16.3. The van der Waals surface area contributed by atoms with Crippen molar-refractivity contribution < 1.29 is 18.8 Å².